The molecular formula is C15H14N2O3P2S2. The van der Waals surface area contributed by atoms with E-state index in [0.717, 1.165) is 11.8 Å². The topological polar surface area (TPSA) is 51.1 Å². The molecule has 124 valence electrons. The van der Waals surface area contributed by atoms with Crippen molar-refractivity contribution in [3.05, 3.63) is 59.7 Å². The van der Waals surface area contributed by atoms with Gasteiger partial charge in [-0.1, -0.05) is 0 Å². The number of nitrogens with zero attached hydrogens (tertiary/aromatic N) is 2. The van der Waals surface area contributed by atoms with Gasteiger partial charge in [0.25, 0.3) is 0 Å². The smallest absolute Gasteiger partial charge is 0.207 e. The Hall–Kier alpha value is -1.65. The van der Waals surface area contributed by atoms with Crippen LogP contribution in [0.25, 0.3) is 0 Å². The molecule has 0 aliphatic rings. The Labute approximate surface area is 152 Å². The van der Waals surface area contributed by atoms with Gasteiger partial charge in [0, 0.05) is 12.6 Å². The quantitative estimate of drug-likeness (QED) is 0.290. The molecule has 0 N–H and O–H groups in total. The summed E-state index contributed by atoms with van der Waals surface area (Å²) in [5.74, 6) is 1.34. The van der Waals surface area contributed by atoms with E-state index in [2.05, 4.69) is 5.10 Å². The third-order valence-electron chi connectivity index (χ3n) is 2.89. The molecular weight excluding hydrogens is 382 g/mol. The van der Waals surface area contributed by atoms with Crippen LogP contribution in [0.15, 0.2) is 53.6 Å². The van der Waals surface area contributed by atoms with Gasteiger partial charge < -0.3 is 9.05 Å². The van der Waals surface area contributed by atoms with Gasteiger partial charge in [-0.15, -0.1) is 0 Å². The second-order valence-electron chi connectivity index (χ2n) is 4.56. The Morgan fingerprint density at radius 2 is 1.67 bits per heavy atom. The first-order valence-electron chi connectivity index (χ1n) is 6.77. The molecule has 0 spiro atoms. The van der Waals surface area contributed by atoms with Crippen LogP contribution in [0.1, 0.15) is 15.9 Å². The molecule has 1 unspecified atom stereocenters. The molecule has 0 saturated carbocycles. The summed E-state index contributed by atoms with van der Waals surface area (Å²) in [5.41, 5.74) is 1.50. The summed E-state index contributed by atoms with van der Waals surface area (Å²) in [6.07, 6.45) is 2.48. The van der Waals surface area contributed by atoms with E-state index in [1.54, 1.807) is 42.3 Å². The van der Waals surface area contributed by atoms with Crippen LogP contribution in [-0.4, -0.2) is 24.3 Å². The van der Waals surface area contributed by atoms with Crippen molar-refractivity contribution in [3.8, 4) is 11.5 Å². The van der Waals surface area contributed by atoms with E-state index in [0.29, 0.717) is 24.6 Å². The number of carbonyl (C=O) groups excluding carboxylic acids is 1. The molecule has 1 atom stereocenters. The molecule has 0 aliphatic carbocycles. The van der Waals surface area contributed by atoms with Gasteiger partial charge in [-0.2, -0.15) is 5.10 Å². The summed E-state index contributed by atoms with van der Waals surface area (Å²) in [4.78, 5) is 10.6. The van der Waals surface area contributed by atoms with Crippen molar-refractivity contribution in [2.24, 2.45) is 5.10 Å². The molecule has 9 heteroatoms. The maximum Gasteiger partial charge on any atom is 0.207 e. The maximum absolute atomic E-state index is 10.6. The van der Waals surface area contributed by atoms with Crippen LogP contribution >= 0.6 is 14.7 Å². The average Bonchev–Trinajstić information content (AvgIpc) is 2.61. The van der Waals surface area contributed by atoms with Crippen molar-refractivity contribution >= 4 is 50.8 Å². The van der Waals surface area contributed by atoms with E-state index in [4.69, 9.17) is 32.7 Å². The number of benzene rings is 2. The van der Waals surface area contributed by atoms with Crippen molar-refractivity contribution in [2.75, 3.05) is 7.05 Å². The number of rotatable bonds is 8. The molecule has 0 aromatic heterocycles. The van der Waals surface area contributed by atoms with E-state index in [-0.39, 0.29) is 0 Å². The van der Waals surface area contributed by atoms with E-state index in [1.165, 1.54) is 0 Å². The third-order valence-corrected chi connectivity index (χ3v) is 5.49. The summed E-state index contributed by atoms with van der Waals surface area (Å²) < 4.78 is 12.5. The minimum atomic E-state index is -1.73. The van der Waals surface area contributed by atoms with E-state index in [9.17, 15) is 4.79 Å². The van der Waals surface area contributed by atoms with E-state index >= 15 is 0 Å². The highest BCUT2D eigenvalue weighted by atomic mass is 32.4. The molecule has 2 rings (SSSR count). The van der Waals surface area contributed by atoms with E-state index < -0.39 is 7.07 Å². The van der Waals surface area contributed by atoms with Crippen molar-refractivity contribution in [3.63, 3.8) is 0 Å². The van der Waals surface area contributed by atoms with Crippen LogP contribution < -0.4 is 9.05 Å². The molecule has 0 saturated heterocycles. The highest BCUT2D eigenvalue weighted by Crippen LogP contribution is 2.30. The molecule has 0 heterocycles. The summed E-state index contributed by atoms with van der Waals surface area (Å²) in [7, 11) is 0.479. The summed E-state index contributed by atoms with van der Waals surface area (Å²) in [6, 6.07) is 14.2. The first-order valence-corrected chi connectivity index (χ1v) is 11.1. The predicted molar refractivity (Wildman–Crippen MR) is 105 cm³/mol. The van der Waals surface area contributed by atoms with Crippen molar-refractivity contribution in [1.29, 1.82) is 0 Å². The lowest BCUT2D eigenvalue weighted by atomic mass is 10.2. The Morgan fingerprint density at radius 1 is 1.08 bits per heavy atom. The molecule has 0 aliphatic heterocycles. The van der Waals surface area contributed by atoms with Gasteiger partial charge in [0.05, 0.1) is 6.21 Å². The van der Waals surface area contributed by atoms with Gasteiger partial charge in [0.2, 0.25) is 14.7 Å². The molecule has 0 radical (unpaired) electrons. The fraction of sp³-hybridized carbons (Fsp3) is 0.0667. The number of hydrazone groups is 1. The van der Waals surface area contributed by atoms with E-state index in [1.807, 2.05) is 24.3 Å². The lowest BCUT2D eigenvalue weighted by Crippen LogP contribution is -2.03. The predicted octanol–water partition coefficient (Wildman–Crippen LogP) is 4.05. The minimum absolute atomic E-state index is 0.444. The minimum Gasteiger partial charge on any atom is -0.450 e. The van der Waals surface area contributed by atoms with Gasteiger partial charge in [-0.3, -0.25) is 4.79 Å². The zero-order chi connectivity index (χ0) is 17.4. The van der Waals surface area contributed by atoms with Gasteiger partial charge in [-0.25, -0.2) is 4.78 Å². The van der Waals surface area contributed by atoms with Crippen LogP contribution in [0.3, 0.4) is 0 Å². The van der Waals surface area contributed by atoms with Crippen LogP contribution in [-0.2, 0) is 23.6 Å². The number of hydrogen-bond donors (Lipinski definition) is 0. The number of hydrogen-bond acceptors (Lipinski definition) is 6. The van der Waals surface area contributed by atoms with Crippen LogP contribution in [0.2, 0.25) is 0 Å². The third kappa shape index (κ3) is 5.77. The first kappa shape index (κ1) is 18.7. The highest BCUT2D eigenvalue weighted by Gasteiger charge is 2.03. The molecule has 0 amide bonds. The van der Waals surface area contributed by atoms with Crippen LogP contribution in [0.4, 0.5) is 0 Å². The van der Waals surface area contributed by atoms with Gasteiger partial charge in [0.15, 0.2) is 0 Å². The highest BCUT2D eigenvalue weighted by molar-refractivity contribution is 8.02. The monoisotopic (exact) mass is 396 g/mol. The average molecular weight is 396 g/mol. The van der Waals surface area contributed by atoms with Gasteiger partial charge >= 0.3 is 0 Å². The molecule has 2 aromatic rings. The molecule has 2 aromatic carbocycles. The molecule has 5 nitrogen and oxygen atoms in total. The largest absolute Gasteiger partial charge is 0.450 e. The summed E-state index contributed by atoms with van der Waals surface area (Å²) in [5, 5.41) is 4.30. The van der Waals surface area contributed by atoms with Gasteiger partial charge in [-0.05, 0) is 77.7 Å². The lowest BCUT2D eigenvalue weighted by molar-refractivity contribution is 0.112. The standard InChI is InChI=1S/C15H14N2O3P2S2/c1-17(16-10-12-2-6-14(7-3-12)19-21-23)22(24)20-15-8-4-13(11-18)5-9-15/h2-11,22H,1H3/b16-10+. The SMILES string of the molecule is CN(/N=C/c1ccc(OP=S)cc1)[PH](=S)Oc1ccc(C=O)cc1. The zero-order valence-electron chi connectivity index (χ0n) is 12.7. The normalized spacial score (nSPS) is 12.0. The first-order chi connectivity index (χ1) is 11.6. The summed E-state index contributed by atoms with van der Waals surface area (Å²) in [6.45, 7) is 0. The van der Waals surface area contributed by atoms with Crippen LogP contribution in [0.5, 0.6) is 11.5 Å². The molecule has 24 heavy (non-hydrogen) atoms. The van der Waals surface area contributed by atoms with Crippen LogP contribution in [0, 0.1) is 0 Å². The number of carbonyl (C=O) groups is 1. The Morgan fingerprint density at radius 3 is 2.25 bits per heavy atom. The maximum atomic E-state index is 10.6. The summed E-state index contributed by atoms with van der Waals surface area (Å²) >= 11 is 10.1. The Bertz CT molecular complexity index is 752. The van der Waals surface area contributed by atoms with Crippen molar-refractivity contribution in [1.82, 2.24) is 4.78 Å². The van der Waals surface area contributed by atoms with Crippen molar-refractivity contribution < 1.29 is 13.8 Å². The zero-order valence-corrected chi connectivity index (χ0v) is 16.2. The second kappa shape index (κ2) is 9.60. The Kier molecular flexibility index (Phi) is 7.47. The second-order valence-corrected chi connectivity index (χ2v) is 7.77. The molecule has 0 fully saturated rings. The molecule has 0 bridgehead atoms. The fourth-order valence-corrected chi connectivity index (χ4v) is 3.16. The number of aldehydes is 1. The van der Waals surface area contributed by atoms with Crippen molar-refractivity contribution in [2.45, 2.75) is 0 Å². The Balaban J connectivity index is 1.94. The fourth-order valence-electron chi connectivity index (χ4n) is 1.64. The van der Waals surface area contributed by atoms with Gasteiger partial charge in [0.1, 0.15) is 17.8 Å². The lowest BCUT2D eigenvalue weighted by Gasteiger charge is -2.16.